The first-order chi connectivity index (χ1) is 16.6. The van der Waals surface area contributed by atoms with Crippen molar-refractivity contribution in [2.24, 2.45) is 0 Å². The van der Waals surface area contributed by atoms with E-state index in [1.165, 1.54) is 12.7 Å². The Labute approximate surface area is 203 Å². The summed E-state index contributed by atoms with van der Waals surface area (Å²) < 4.78 is 13.6. The summed E-state index contributed by atoms with van der Waals surface area (Å²) in [4.78, 5) is 17.6. The maximum Gasteiger partial charge on any atom is 0.338 e. The molecule has 1 aliphatic carbocycles. The molecule has 1 atom stereocenters. The van der Waals surface area contributed by atoms with Crippen LogP contribution in [0.3, 0.4) is 0 Å². The van der Waals surface area contributed by atoms with Crippen LogP contribution in [0.5, 0.6) is 5.75 Å². The molecule has 1 aliphatic heterocycles. The van der Waals surface area contributed by atoms with Crippen LogP contribution in [0.4, 0.5) is 5.95 Å². The smallest absolute Gasteiger partial charge is 0.338 e. The van der Waals surface area contributed by atoms with Gasteiger partial charge >= 0.3 is 5.97 Å². The SMILES string of the molecule is CC1=C(C(=O)OC2CCCCC2)C(c2ccc(OCc3ccccc3Cl)cc2)n2ncnc2N1. The monoisotopic (exact) mass is 478 g/mol. The lowest BCUT2D eigenvalue weighted by atomic mass is 9.95. The first kappa shape index (κ1) is 22.5. The van der Waals surface area contributed by atoms with Crippen molar-refractivity contribution in [2.45, 2.75) is 57.8 Å². The third-order valence-electron chi connectivity index (χ3n) is 6.39. The summed E-state index contributed by atoms with van der Waals surface area (Å²) in [7, 11) is 0. The third-order valence-corrected chi connectivity index (χ3v) is 6.76. The Balaban J connectivity index is 1.38. The highest BCUT2D eigenvalue weighted by Gasteiger charge is 2.35. The van der Waals surface area contributed by atoms with E-state index in [4.69, 9.17) is 21.1 Å². The highest BCUT2D eigenvalue weighted by atomic mass is 35.5. The van der Waals surface area contributed by atoms with Gasteiger partial charge in [0.1, 0.15) is 30.8 Å². The van der Waals surface area contributed by atoms with Gasteiger partial charge in [0.15, 0.2) is 0 Å². The second kappa shape index (κ2) is 9.89. The quantitative estimate of drug-likeness (QED) is 0.459. The molecule has 0 bridgehead atoms. The fraction of sp³-hybridized carbons (Fsp3) is 0.346. The van der Waals surface area contributed by atoms with Crippen LogP contribution in [0, 0.1) is 0 Å². The van der Waals surface area contributed by atoms with Crippen molar-refractivity contribution in [2.75, 3.05) is 5.32 Å². The number of esters is 1. The van der Waals surface area contributed by atoms with Crippen molar-refractivity contribution >= 4 is 23.5 Å². The minimum Gasteiger partial charge on any atom is -0.489 e. The van der Waals surface area contributed by atoms with Gasteiger partial charge in [-0.15, -0.1) is 0 Å². The standard InChI is InChI=1S/C26H27ClN4O3/c1-17-23(25(32)34-21-8-3-2-4-9-21)24(31-26(30-17)28-16-29-31)18-11-13-20(14-12-18)33-15-19-7-5-6-10-22(19)27/h5-7,10-14,16,21,24H,2-4,8-9,15H2,1H3,(H,28,29,30). The van der Waals surface area contributed by atoms with Crippen molar-refractivity contribution in [1.29, 1.82) is 0 Å². The minimum atomic E-state index is -0.438. The molecule has 0 saturated heterocycles. The average molecular weight is 479 g/mol. The number of hydrogen-bond donors (Lipinski definition) is 1. The number of rotatable bonds is 6. The van der Waals surface area contributed by atoms with Gasteiger partial charge in [-0.05, 0) is 56.4 Å². The molecule has 1 N–H and O–H groups in total. The first-order valence-corrected chi connectivity index (χ1v) is 12.0. The van der Waals surface area contributed by atoms with E-state index in [0.717, 1.165) is 42.5 Å². The zero-order chi connectivity index (χ0) is 23.5. The lowest BCUT2D eigenvalue weighted by molar-refractivity contribution is -0.146. The molecule has 1 fully saturated rings. The molecule has 0 radical (unpaired) electrons. The van der Waals surface area contributed by atoms with E-state index < -0.39 is 6.04 Å². The number of benzene rings is 2. The van der Waals surface area contributed by atoms with Gasteiger partial charge in [-0.2, -0.15) is 10.1 Å². The molecule has 2 aliphatic rings. The predicted octanol–water partition coefficient (Wildman–Crippen LogP) is 5.68. The summed E-state index contributed by atoms with van der Waals surface area (Å²) in [5, 5.41) is 8.26. The third kappa shape index (κ3) is 4.66. The van der Waals surface area contributed by atoms with E-state index in [1.807, 2.05) is 55.5 Å². The number of anilines is 1. The fourth-order valence-corrected chi connectivity index (χ4v) is 4.77. The average Bonchev–Trinajstić information content (AvgIpc) is 3.32. The number of nitrogens with one attached hydrogen (secondary N) is 1. The van der Waals surface area contributed by atoms with Crippen molar-refractivity contribution in [1.82, 2.24) is 14.8 Å². The molecule has 5 rings (SSSR count). The van der Waals surface area contributed by atoms with E-state index in [9.17, 15) is 4.79 Å². The molecule has 34 heavy (non-hydrogen) atoms. The van der Waals surface area contributed by atoms with Gasteiger partial charge < -0.3 is 14.8 Å². The maximum atomic E-state index is 13.3. The summed E-state index contributed by atoms with van der Waals surface area (Å²) in [6, 6.07) is 14.9. The second-order valence-corrected chi connectivity index (χ2v) is 9.12. The Hall–Kier alpha value is -3.32. The van der Waals surface area contributed by atoms with Crippen LogP contribution >= 0.6 is 11.6 Å². The number of carbonyl (C=O) groups is 1. The zero-order valence-corrected chi connectivity index (χ0v) is 19.8. The first-order valence-electron chi connectivity index (χ1n) is 11.6. The Bertz CT molecular complexity index is 1200. The van der Waals surface area contributed by atoms with Gasteiger partial charge in [0.25, 0.3) is 0 Å². The lowest BCUT2D eigenvalue weighted by Crippen LogP contribution is -2.32. The number of nitrogens with zero attached hydrogens (tertiary/aromatic N) is 3. The summed E-state index contributed by atoms with van der Waals surface area (Å²) >= 11 is 6.23. The number of hydrogen-bond acceptors (Lipinski definition) is 6. The molecule has 8 heteroatoms. The van der Waals surface area contributed by atoms with Crippen molar-refractivity contribution < 1.29 is 14.3 Å². The van der Waals surface area contributed by atoms with E-state index in [2.05, 4.69) is 15.4 Å². The number of allylic oxidation sites excluding steroid dienone is 1. The Kier molecular flexibility index (Phi) is 6.54. The van der Waals surface area contributed by atoms with Gasteiger partial charge in [0, 0.05) is 16.3 Å². The van der Waals surface area contributed by atoms with Crippen LogP contribution in [0.2, 0.25) is 5.02 Å². The number of ether oxygens (including phenoxy) is 2. The molecule has 0 spiro atoms. The van der Waals surface area contributed by atoms with Crippen molar-refractivity contribution in [3.8, 4) is 5.75 Å². The molecule has 176 valence electrons. The lowest BCUT2D eigenvalue weighted by Gasteiger charge is -2.30. The highest BCUT2D eigenvalue weighted by Crippen LogP contribution is 2.36. The van der Waals surface area contributed by atoms with Gasteiger partial charge in [-0.1, -0.05) is 48.4 Å². The van der Waals surface area contributed by atoms with Crippen LogP contribution in [-0.2, 0) is 16.1 Å². The molecule has 1 aromatic heterocycles. The summed E-state index contributed by atoms with van der Waals surface area (Å²) in [6.45, 7) is 2.25. The molecule has 3 aromatic rings. The van der Waals surface area contributed by atoms with Crippen molar-refractivity contribution in [3.63, 3.8) is 0 Å². The Morgan fingerprint density at radius 1 is 1.12 bits per heavy atom. The van der Waals surface area contributed by atoms with Gasteiger partial charge in [0.05, 0.1) is 5.57 Å². The van der Waals surface area contributed by atoms with Crippen LogP contribution in [0.25, 0.3) is 0 Å². The largest absolute Gasteiger partial charge is 0.489 e. The molecule has 7 nitrogen and oxygen atoms in total. The van der Waals surface area contributed by atoms with Crippen molar-refractivity contribution in [3.05, 3.63) is 82.3 Å². The molecular weight excluding hydrogens is 452 g/mol. The number of carbonyl (C=O) groups excluding carboxylic acids is 1. The molecule has 0 amide bonds. The van der Waals surface area contributed by atoms with Gasteiger partial charge in [-0.25, -0.2) is 9.48 Å². The molecule has 2 aromatic carbocycles. The van der Waals surface area contributed by atoms with Crippen LogP contribution in [-0.4, -0.2) is 26.8 Å². The molecule has 2 heterocycles. The van der Waals surface area contributed by atoms with Gasteiger partial charge in [-0.3, -0.25) is 0 Å². The highest BCUT2D eigenvalue weighted by molar-refractivity contribution is 6.31. The topological polar surface area (TPSA) is 78.3 Å². The number of fused-ring (bicyclic) bond motifs is 1. The maximum absolute atomic E-state index is 13.3. The number of aromatic nitrogens is 3. The number of halogens is 1. The molecule has 1 unspecified atom stereocenters. The van der Waals surface area contributed by atoms with E-state index in [0.29, 0.717) is 28.9 Å². The Morgan fingerprint density at radius 2 is 1.88 bits per heavy atom. The Morgan fingerprint density at radius 3 is 2.65 bits per heavy atom. The van der Waals surface area contributed by atoms with E-state index in [-0.39, 0.29) is 12.1 Å². The van der Waals surface area contributed by atoms with Crippen LogP contribution < -0.4 is 10.1 Å². The predicted molar refractivity (Wildman–Crippen MR) is 130 cm³/mol. The second-order valence-electron chi connectivity index (χ2n) is 8.71. The zero-order valence-electron chi connectivity index (χ0n) is 19.0. The van der Waals surface area contributed by atoms with Crippen LogP contribution in [0.15, 0.2) is 66.1 Å². The van der Waals surface area contributed by atoms with E-state index >= 15 is 0 Å². The summed E-state index contributed by atoms with van der Waals surface area (Å²) in [6.07, 6.45) is 6.69. The minimum absolute atomic E-state index is 0.0278. The molecule has 1 saturated carbocycles. The normalized spacial score (nSPS) is 18.2. The van der Waals surface area contributed by atoms with Gasteiger partial charge in [0.2, 0.25) is 5.95 Å². The molecular formula is C26H27ClN4O3. The summed E-state index contributed by atoms with van der Waals surface area (Å²) in [5.74, 6) is 1.00. The van der Waals surface area contributed by atoms with E-state index in [1.54, 1.807) is 4.68 Å². The fourth-order valence-electron chi connectivity index (χ4n) is 4.58. The van der Waals surface area contributed by atoms with Crippen LogP contribution in [0.1, 0.15) is 56.2 Å². The summed E-state index contributed by atoms with van der Waals surface area (Å²) in [5.41, 5.74) is 3.09.